The summed E-state index contributed by atoms with van der Waals surface area (Å²) in [4.78, 5) is 0. The summed E-state index contributed by atoms with van der Waals surface area (Å²) in [6.07, 6.45) is 13.9. The van der Waals surface area contributed by atoms with Crippen LogP contribution in [0.5, 0.6) is 0 Å². The third-order valence-electron chi connectivity index (χ3n) is 5.25. The molecule has 0 N–H and O–H groups in total. The second-order valence-electron chi connectivity index (χ2n) is 6.40. The van der Waals surface area contributed by atoms with Crippen LogP contribution in [0.3, 0.4) is 0 Å². The van der Waals surface area contributed by atoms with Crippen LogP contribution in [-0.4, -0.2) is 18.5 Å². The van der Waals surface area contributed by atoms with E-state index in [1.165, 1.54) is 44.9 Å². The number of halogens is 1. The molecule has 19 heavy (non-hydrogen) atoms. The summed E-state index contributed by atoms with van der Waals surface area (Å²) in [5.41, 5.74) is 0.106. The van der Waals surface area contributed by atoms with Crippen molar-refractivity contribution >= 4 is 22.6 Å². The van der Waals surface area contributed by atoms with Gasteiger partial charge in [-0.15, -0.1) is 0 Å². The molecule has 4 unspecified atom stereocenters. The zero-order chi connectivity index (χ0) is 13.1. The molecule has 3 rings (SSSR count). The summed E-state index contributed by atoms with van der Waals surface area (Å²) in [5.74, 6) is 1.72. The Morgan fingerprint density at radius 3 is 2.74 bits per heavy atom. The van der Waals surface area contributed by atoms with Crippen LogP contribution in [0.1, 0.15) is 57.8 Å². The predicted octanol–water partition coefficient (Wildman–Crippen LogP) is 4.82. The Morgan fingerprint density at radius 2 is 2.00 bits per heavy atom. The van der Waals surface area contributed by atoms with Crippen LogP contribution >= 0.6 is 22.6 Å². The lowest BCUT2D eigenvalue weighted by molar-refractivity contribution is -0.285. The van der Waals surface area contributed by atoms with Gasteiger partial charge >= 0.3 is 0 Å². The van der Waals surface area contributed by atoms with E-state index < -0.39 is 0 Å². The van der Waals surface area contributed by atoms with Crippen molar-refractivity contribution in [1.29, 1.82) is 0 Å². The smallest absolute Gasteiger partial charge is 0.158 e. The third-order valence-corrected chi connectivity index (χ3v) is 5.76. The molecular weight excluding hydrogens is 351 g/mol. The van der Waals surface area contributed by atoms with Crippen molar-refractivity contribution in [2.45, 2.75) is 69.7 Å². The molecule has 0 aromatic heterocycles. The van der Waals surface area contributed by atoms with Crippen LogP contribution in [0, 0.1) is 11.8 Å². The average molecular weight is 376 g/mol. The molecular formula is C16H25IO2. The minimum Gasteiger partial charge on any atom is -0.353 e. The van der Waals surface area contributed by atoms with Gasteiger partial charge in [0.1, 0.15) is 0 Å². The lowest BCUT2D eigenvalue weighted by Gasteiger charge is -2.58. The van der Waals surface area contributed by atoms with Crippen LogP contribution in [0.4, 0.5) is 0 Å². The molecule has 0 aromatic rings. The molecule has 1 aliphatic heterocycles. The second kappa shape index (κ2) is 6.44. The Morgan fingerprint density at radius 1 is 1.16 bits per heavy atom. The van der Waals surface area contributed by atoms with Crippen molar-refractivity contribution in [1.82, 2.24) is 0 Å². The highest BCUT2D eigenvalue weighted by Crippen LogP contribution is 2.56. The Balaban J connectivity index is 1.66. The molecule has 1 saturated heterocycles. The molecule has 3 heteroatoms. The number of ether oxygens (including phenoxy) is 2. The maximum absolute atomic E-state index is 6.51. The van der Waals surface area contributed by atoms with Crippen molar-refractivity contribution in [3.63, 3.8) is 0 Å². The molecule has 108 valence electrons. The molecule has 3 aliphatic rings. The molecule has 1 heterocycles. The third kappa shape index (κ3) is 3.03. The first-order valence-electron chi connectivity index (χ1n) is 7.89. The van der Waals surface area contributed by atoms with Gasteiger partial charge in [0, 0.05) is 6.61 Å². The van der Waals surface area contributed by atoms with Gasteiger partial charge in [-0.05, 0) is 60.9 Å². The van der Waals surface area contributed by atoms with Gasteiger partial charge in [0.05, 0.1) is 5.60 Å². The average Bonchev–Trinajstić information content (AvgIpc) is 2.44. The number of hydrogen-bond donors (Lipinski definition) is 0. The summed E-state index contributed by atoms with van der Waals surface area (Å²) in [6, 6.07) is 0. The highest BCUT2D eigenvalue weighted by Gasteiger charge is 2.55. The summed E-state index contributed by atoms with van der Waals surface area (Å²) >= 11 is 2.32. The molecule has 2 saturated carbocycles. The standard InChI is InChI=1S/C16H25IO2/c17-10-5-9-16(19-15-8-3-4-11-18-15)12-13-6-1-2-7-14(13)16/h5,10,13-15H,1-4,6-9,11-12H2/b10-5+. The van der Waals surface area contributed by atoms with E-state index >= 15 is 0 Å². The Kier molecular flexibility index (Phi) is 4.86. The maximum atomic E-state index is 6.51. The molecule has 2 aliphatic carbocycles. The van der Waals surface area contributed by atoms with Gasteiger partial charge in [0.2, 0.25) is 0 Å². The van der Waals surface area contributed by atoms with Crippen molar-refractivity contribution in [3.05, 3.63) is 10.2 Å². The van der Waals surface area contributed by atoms with E-state index in [0.717, 1.165) is 31.3 Å². The Hall–Kier alpha value is 0.390. The quantitative estimate of drug-likeness (QED) is 0.655. The van der Waals surface area contributed by atoms with Gasteiger partial charge in [-0.1, -0.05) is 41.5 Å². The first-order valence-corrected chi connectivity index (χ1v) is 9.13. The van der Waals surface area contributed by atoms with Crippen molar-refractivity contribution in [2.75, 3.05) is 6.61 Å². The number of hydrogen-bond acceptors (Lipinski definition) is 2. The van der Waals surface area contributed by atoms with Gasteiger partial charge in [-0.2, -0.15) is 0 Å². The molecule has 0 spiro atoms. The summed E-state index contributed by atoms with van der Waals surface area (Å²) in [5, 5.41) is 0. The van der Waals surface area contributed by atoms with E-state index in [0.29, 0.717) is 0 Å². The van der Waals surface area contributed by atoms with E-state index in [2.05, 4.69) is 32.7 Å². The van der Waals surface area contributed by atoms with Gasteiger partial charge < -0.3 is 9.47 Å². The predicted molar refractivity (Wildman–Crippen MR) is 85.2 cm³/mol. The van der Waals surface area contributed by atoms with Crippen molar-refractivity contribution in [2.24, 2.45) is 11.8 Å². The molecule has 4 atom stereocenters. The lowest BCUT2D eigenvalue weighted by atomic mass is 9.54. The summed E-state index contributed by atoms with van der Waals surface area (Å²) in [7, 11) is 0. The zero-order valence-electron chi connectivity index (χ0n) is 11.7. The van der Waals surface area contributed by atoms with E-state index in [1.807, 2.05) is 0 Å². The van der Waals surface area contributed by atoms with E-state index in [-0.39, 0.29) is 11.9 Å². The van der Waals surface area contributed by atoms with Gasteiger partial charge in [0.25, 0.3) is 0 Å². The fourth-order valence-electron chi connectivity index (χ4n) is 4.31. The van der Waals surface area contributed by atoms with Gasteiger partial charge in [-0.3, -0.25) is 0 Å². The first kappa shape index (κ1) is 14.3. The second-order valence-corrected chi connectivity index (χ2v) is 7.12. The molecule has 2 nitrogen and oxygen atoms in total. The molecule has 0 bridgehead atoms. The fraction of sp³-hybridized carbons (Fsp3) is 0.875. The largest absolute Gasteiger partial charge is 0.353 e. The van der Waals surface area contributed by atoms with Gasteiger partial charge in [-0.25, -0.2) is 0 Å². The van der Waals surface area contributed by atoms with E-state index in [1.54, 1.807) is 0 Å². The van der Waals surface area contributed by atoms with Crippen LogP contribution in [-0.2, 0) is 9.47 Å². The number of fused-ring (bicyclic) bond motifs is 1. The SMILES string of the molecule is I/C=C/CC1(OC2CCCCO2)CC2CCCCC21. The lowest BCUT2D eigenvalue weighted by Crippen LogP contribution is -2.58. The van der Waals surface area contributed by atoms with Crippen molar-refractivity contribution in [3.8, 4) is 0 Å². The topological polar surface area (TPSA) is 18.5 Å². The molecule has 3 fully saturated rings. The van der Waals surface area contributed by atoms with Crippen molar-refractivity contribution < 1.29 is 9.47 Å². The van der Waals surface area contributed by atoms with Crippen LogP contribution in [0.15, 0.2) is 10.2 Å². The fourth-order valence-corrected chi connectivity index (χ4v) is 4.56. The van der Waals surface area contributed by atoms with Crippen LogP contribution in [0.2, 0.25) is 0 Å². The molecule has 0 aromatic carbocycles. The highest BCUT2D eigenvalue weighted by atomic mass is 127. The summed E-state index contributed by atoms with van der Waals surface area (Å²) in [6.45, 7) is 0.886. The Bertz CT molecular complexity index is 325. The van der Waals surface area contributed by atoms with E-state index in [9.17, 15) is 0 Å². The zero-order valence-corrected chi connectivity index (χ0v) is 13.8. The summed E-state index contributed by atoms with van der Waals surface area (Å²) < 4.78 is 14.5. The minimum absolute atomic E-state index is 0.0687. The maximum Gasteiger partial charge on any atom is 0.158 e. The first-order chi connectivity index (χ1) is 9.34. The normalized spacial score (nSPS) is 42.9. The van der Waals surface area contributed by atoms with Crippen LogP contribution in [0.25, 0.3) is 0 Å². The number of rotatable bonds is 4. The minimum atomic E-state index is 0.0687. The van der Waals surface area contributed by atoms with Crippen LogP contribution < -0.4 is 0 Å². The highest BCUT2D eigenvalue weighted by molar-refractivity contribution is 14.1. The molecule has 0 radical (unpaired) electrons. The Labute approximate surface area is 130 Å². The molecule has 0 amide bonds. The monoisotopic (exact) mass is 376 g/mol. The van der Waals surface area contributed by atoms with E-state index in [4.69, 9.17) is 9.47 Å². The van der Waals surface area contributed by atoms with Gasteiger partial charge in [0.15, 0.2) is 6.29 Å².